The molecule has 0 aliphatic heterocycles. The minimum Gasteiger partial charge on any atom is -0.245 e. The highest BCUT2D eigenvalue weighted by Crippen LogP contribution is 2.03. The van der Waals surface area contributed by atoms with Crippen LogP contribution in [0.1, 0.15) is 12.8 Å². The van der Waals surface area contributed by atoms with Gasteiger partial charge >= 0.3 is 0 Å². The van der Waals surface area contributed by atoms with Crippen LogP contribution in [0.5, 0.6) is 0 Å². The first kappa shape index (κ1) is 7.68. The highest BCUT2D eigenvalue weighted by Gasteiger charge is 1.98. The quantitative estimate of drug-likeness (QED) is 0.607. The highest BCUT2D eigenvalue weighted by atomic mass is 14.8. The number of hydrogen-bond donors (Lipinski definition) is 0. The molecule has 0 N–H and O–H groups in total. The predicted molar refractivity (Wildman–Crippen MR) is 57.0 cm³/mol. The molecule has 2 heteroatoms. The maximum absolute atomic E-state index is 4.57. The van der Waals surface area contributed by atoms with Crippen LogP contribution in [0.3, 0.4) is 0 Å². The Morgan fingerprint density at radius 3 is 1.79 bits per heavy atom. The van der Waals surface area contributed by atoms with E-state index >= 15 is 0 Å². The molecule has 0 amide bonds. The first-order valence-corrected chi connectivity index (χ1v) is 4.87. The molecule has 0 unspecified atom stereocenters. The van der Waals surface area contributed by atoms with Gasteiger partial charge in [0.05, 0.1) is 21.7 Å². The van der Waals surface area contributed by atoms with Crippen molar-refractivity contribution in [3.63, 3.8) is 0 Å². The van der Waals surface area contributed by atoms with Gasteiger partial charge in [-0.2, -0.15) is 0 Å². The molecule has 1 aliphatic carbocycles. The predicted octanol–water partition coefficient (Wildman–Crippen LogP) is 0.985. The molecule has 1 aromatic heterocycles. The Labute approximate surface area is 81.6 Å². The van der Waals surface area contributed by atoms with Crippen LogP contribution < -0.4 is 10.7 Å². The average molecular weight is 182 g/mol. The van der Waals surface area contributed by atoms with Crippen molar-refractivity contribution < 1.29 is 0 Å². The summed E-state index contributed by atoms with van der Waals surface area (Å²) in [6.07, 6.45) is 6.49. The topological polar surface area (TPSA) is 25.8 Å². The molecule has 0 spiro atoms. The van der Waals surface area contributed by atoms with E-state index in [2.05, 4.69) is 22.1 Å². The molecule has 2 aromatic rings. The summed E-state index contributed by atoms with van der Waals surface area (Å²) in [6.45, 7) is 0. The summed E-state index contributed by atoms with van der Waals surface area (Å²) in [5.41, 5.74) is 1.97. The van der Waals surface area contributed by atoms with Crippen LogP contribution in [-0.2, 0) is 0 Å². The van der Waals surface area contributed by atoms with Gasteiger partial charge in [-0.1, -0.05) is 24.3 Å². The molecule has 0 radical (unpaired) electrons. The first-order chi connectivity index (χ1) is 6.93. The van der Waals surface area contributed by atoms with E-state index in [1.807, 2.05) is 24.3 Å². The summed E-state index contributed by atoms with van der Waals surface area (Å²) in [6, 6.07) is 8.00. The summed E-state index contributed by atoms with van der Waals surface area (Å²) < 4.78 is 0. The van der Waals surface area contributed by atoms with Gasteiger partial charge < -0.3 is 0 Å². The maximum atomic E-state index is 4.57. The summed E-state index contributed by atoms with van der Waals surface area (Å²) in [7, 11) is 0. The molecule has 68 valence electrons. The van der Waals surface area contributed by atoms with Crippen molar-refractivity contribution in [2.45, 2.75) is 12.8 Å². The van der Waals surface area contributed by atoms with E-state index in [1.165, 1.54) is 0 Å². The zero-order valence-electron chi connectivity index (χ0n) is 7.77. The van der Waals surface area contributed by atoms with Gasteiger partial charge in [0.25, 0.3) is 0 Å². The molecule has 0 fully saturated rings. The minimum absolute atomic E-state index is 0.984. The summed E-state index contributed by atoms with van der Waals surface area (Å²) in [5, 5.41) is 2.07. The van der Waals surface area contributed by atoms with Crippen molar-refractivity contribution in [2.75, 3.05) is 0 Å². The molecule has 2 nitrogen and oxygen atoms in total. The largest absolute Gasteiger partial charge is 0.245 e. The van der Waals surface area contributed by atoms with E-state index in [0.717, 1.165) is 34.6 Å². The monoisotopic (exact) mass is 182 g/mol. The van der Waals surface area contributed by atoms with Crippen molar-refractivity contribution >= 4 is 23.2 Å². The summed E-state index contributed by atoms with van der Waals surface area (Å²) in [5.74, 6) is 0. The van der Waals surface area contributed by atoms with Crippen LogP contribution >= 0.6 is 0 Å². The van der Waals surface area contributed by atoms with E-state index in [0.29, 0.717) is 0 Å². The van der Waals surface area contributed by atoms with Gasteiger partial charge in [0.15, 0.2) is 0 Å². The average Bonchev–Trinajstić information content (AvgIpc) is 2.26. The number of fused-ring (bicyclic) bond motifs is 2. The van der Waals surface area contributed by atoms with Gasteiger partial charge in [0, 0.05) is 0 Å². The van der Waals surface area contributed by atoms with Crippen molar-refractivity contribution in [3.8, 4) is 0 Å². The van der Waals surface area contributed by atoms with Crippen LogP contribution in [0.4, 0.5) is 0 Å². The number of benzene rings is 1. The van der Waals surface area contributed by atoms with E-state index in [9.17, 15) is 0 Å². The third-order valence-electron chi connectivity index (χ3n) is 2.47. The Morgan fingerprint density at radius 2 is 1.29 bits per heavy atom. The van der Waals surface area contributed by atoms with Crippen LogP contribution in [0.25, 0.3) is 23.2 Å². The molecule has 0 saturated carbocycles. The normalized spacial score (nSPS) is 14.3. The number of aromatic nitrogens is 2. The lowest BCUT2D eigenvalue weighted by Crippen LogP contribution is -2.32. The van der Waals surface area contributed by atoms with Gasteiger partial charge in [-0.05, 0) is 25.0 Å². The minimum atomic E-state index is 0.984. The molecule has 0 bridgehead atoms. The number of para-hydroxylation sites is 2. The summed E-state index contributed by atoms with van der Waals surface area (Å²) >= 11 is 0. The smallest absolute Gasteiger partial charge is 0.0894 e. The second-order valence-electron chi connectivity index (χ2n) is 3.47. The number of nitrogens with zero attached hydrogens (tertiary/aromatic N) is 2. The van der Waals surface area contributed by atoms with Gasteiger partial charge in [-0.25, -0.2) is 9.97 Å². The molecule has 1 aromatic carbocycles. The first-order valence-electron chi connectivity index (χ1n) is 4.87. The lowest BCUT2D eigenvalue weighted by atomic mass is 10.2. The van der Waals surface area contributed by atoms with E-state index in [4.69, 9.17) is 0 Å². The van der Waals surface area contributed by atoms with Crippen LogP contribution in [0.2, 0.25) is 0 Å². The number of hydrogen-bond acceptors (Lipinski definition) is 2. The Morgan fingerprint density at radius 1 is 0.786 bits per heavy atom. The number of rotatable bonds is 0. The van der Waals surface area contributed by atoms with Gasteiger partial charge in [-0.3, -0.25) is 0 Å². The Bertz CT molecular complexity index is 545. The van der Waals surface area contributed by atoms with Crippen molar-refractivity contribution in [1.82, 2.24) is 9.97 Å². The van der Waals surface area contributed by atoms with Gasteiger partial charge in [0.2, 0.25) is 0 Å². The van der Waals surface area contributed by atoms with Crippen LogP contribution in [-0.4, -0.2) is 9.97 Å². The summed E-state index contributed by atoms with van der Waals surface area (Å²) in [4.78, 5) is 9.13. The molecule has 1 aliphatic rings. The highest BCUT2D eigenvalue weighted by molar-refractivity contribution is 5.73. The van der Waals surface area contributed by atoms with Crippen molar-refractivity contribution in [2.24, 2.45) is 0 Å². The lowest BCUT2D eigenvalue weighted by molar-refractivity contribution is 1.05. The molecule has 1 heterocycles. The van der Waals surface area contributed by atoms with Crippen molar-refractivity contribution in [3.05, 3.63) is 35.0 Å². The molecule has 0 atom stereocenters. The second-order valence-corrected chi connectivity index (χ2v) is 3.47. The maximum Gasteiger partial charge on any atom is 0.0894 e. The van der Waals surface area contributed by atoms with E-state index in [1.54, 1.807) is 0 Å². The van der Waals surface area contributed by atoms with Crippen LogP contribution in [0, 0.1) is 0 Å². The van der Waals surface area contributed by atoms with Gasteiger partial charge in [-0.15, -0.1) is 0 Å². The van der Waals surface area contributed by atoms with E-state index in [-0.39, 0.29) is 0 Å². The fourth-order valence-electron chi connectivity index (χ4n) is 1.77. The standard InChI is InChI=1S/C12H10N2/c1-2-6-10-9(5-1)13-11-7-3-4-8-12(11)14-10/h1-2,5-8H,3-4H2. The zero-order valence-corrected chi connectivity index (χ0v) is 7.77. The molecule has 3 rings (SSSR count). The SMILES string of the molecule is C1=c2nc3ccccc3nc2=CCC1. The molecule has 0 saturated heterocycles. The Balaban J connectivity index is 2.51. The molecule has 14 heavy (non-hydrogen) atoms. The van der Waals surface area contributed by atoms with Crippen molar-refractivity contribution in [1.29, 1.82) is 0 Å². The fourth-order valence-corrected chi connectivity index (χ4v) is 1.77. The Kier molecular flexibility index (Phi) is 1.60. The zero-order chi connectivity index (χ0) is 9.38. The molecular weight excluding hydrogens is 172 g/mol. The lowest BCUT2D eigenvalue weighted by Gasteiger charge is -2.00. The van der Waals surface area contributed by atoms with Gasteiger partial charge in [0.1, 0.15) is 0 Å². The third kappa shape index (κ3) is 1.11. The molecular formula is C12H10N2. The second kappa shape index (κ2) is 2.91. The fraction of sp³-hybridized carbons (Fsp3) is 0.167. The van der Waals surface area contributed by atoms with Crippen LogP contribution in [0.15, 0.2) is 24.3 Å². The Hall–Kier alpha value is -1.70. The third-order valence-corrected chi connectivity index (χ3v) is 2.47. The van der Waals surface area contributed by atoms with E-state index < -0.39 is 0 Å².